The molecule has 0 atom stereocenters. The number of nitrogens with zero attached hydrogens (tertiary/aromatic N) is 1. The van der Waals surface area contributed by atoms with Crippen molar-refractivity contribution in [2.75, 3.05) is 39.4 Å². The van der Waals surface area contributed by atoms with Crippen LogP contribution in [-0.2, 0) is 23.1 Å². The Hall–Kier alpha value is -2.37. The molecule has 2 amide bonds. The van der Waals surface area contributed by atoms with Crippen LogP contribution in [0, 0.1) is 0 Å². The van der Waals surface area contributed by atoms with E-state index >= 15 is 0 Å². The lowest BCUT2D eigenvalue weighted by Gasteiger charge is -2.38. The van der Waals surface area contributed by atoms with E-state index in [1.54, 1.807) is 0 Å². The molecular weight excluding hydrogens is 362 g/mol. The maximum absolute atomic E-state index is 12.4. The second-order valence-electron chi connectivity index (χ2n) is 8.16. The van der Waals surface area contributed by atoms with Gasteiger partial charge in [-0.2, -0.15) is 0 Å². The van der Waals surface area contributed by atoms with E-state index in [1.807, 2.05) is 6.07 Å². The molecular formula is C24H31N3O2. The van der Waals surface area contributed by atoms with E-state index in [1.165, 1.54) is 16.7 Å². The molecule has 4 rings (SSSR count). The van der Waals surface area contributed by atoms with Crippen molar-refractivity contribution in [3.05, 3.63) is 71.3 Å². The minimum absolute atomic E-state index is 0.0343. The molecule has 0 unspecified atom stereocenters. The molecule has 1 fully saturated rings. The van der Waals surface area contributed by atoms with Gasteiger partial charge in [0.05, 0.1) is 0 Å². The number of benzene rings is 2. The van der Waals surface area contributed by atoms with Gasteiger partial charge in [0.25, 0.3) is 0 Å². The van der Waals surface area contributed by atoms with Gasteiger partial charge < -0.3 is 15.4 Å². The molecule has 2 aliphatic rings. The van der Waals surface area contributed by atoms with Crippen molar-refractivity contribution in [3.8, 4) is 0 Å². The normalized spacial score (nSPS) is 18.6. The van der Waals surface area contributed by atoms with Crippen LogP contribution in [-0.4, -0.2) is 50.3 Å². The molecule has 0 bridgehead atoms. The van der Waals surface area contributed by atoms with Crippen LogP contribution in [0.3, 0.4) is 0 Å². The van der Waals surface area contributed by atoms with Crippen molar-refractivity contribution in [3.63, 3.8) is 0 Å². The van der Waals surface area contributed by atoms with Crippen LogP contribution in [0.2, 0.25) is 0 Å². The number of hydrogen-bond donors (Lipinski definition) is 2. The summed E-state index contributed by atoms with van der Waals surface area (Å²) in [7, 11) is 0. The van der Waals surface area contributed by atoms with Crippen molar-refractivity contribution in [2.45, 2.75) is 31.2 Å². The van der Waals surface area contributed by atoms with Gasteiger partial charge in [-0.1, -0.05) is 54.6 Å². The Balaban J connectivity index is 1.24. The van der Waals surface area contributed by atoms with Crippen molar-refractivity contribution in [1.82, 2.24) is 15.5 Å². The van der Waals surface area contributed by atoms with Gasteiger partial charge in [0.1, 0.15) is 0 Å². The first-order valence-corrected chi connectivity index (χ1v) is 10.7. The maximum atomic E-state index is 12.4. The fraction of sp³-hybridized carbons (Fsp3) is 0.458. The molecule has 2 aromatic rings. The zero-order valence-electron chi connectivity index (χ0n) is 17.0. The minimum Gasteiger partial charge on any atom is -0.381 e. The quantitative estimate of drug-likeness (QED) is 0.793. The van der Waals surface area contributed by atoms with Crippen molar-refractivity contribution >= 4 is 6.03 Å². The van der Waals surface area contributed by atoms with E-state index in [2.05, 4.69) is 64.1 Å². The second kappa shape index (κ2) is 9.42. The molecule has 0 spiro atoms. The lowest BCUT2D eigenvalue weighted by Crippen LogP contribution is -2.48. The summed E-state index contributed by atoms with van der Waals surface area (Å²) in [5, 5.41) is 6.16. The molecule has 0 aliphatic carbocycles. The number of fused-ring (bicyclic) bond motifs is 1. The van der Waals surface area contributed by atoms with Gasteiger partial charge in [0, 0.05) is 51.4 Å². The van der Waals surface area contributed by atoms with Gasteiger partial charge in [-0.3, -0.25) is 4.90 Å². The molecule has 5 heteroatoms. The highest BCUT2D eigenvalue weighted by Gasteiger charge is 2.34. The molecule has 5 nitrogen and oxygen atoms in total. The summed E-state index contributed by atoms with van der Waals surface area (Å²) >= 11 is 0. The summed E-state index contributed by atoms with van der Waals surface area (Å²) in [6.45, 7) is 5.69. The summed E-state index contributed by atoms with van der Waals surface area (Å²) < 4.78 is 5.58. The van der Waals surface area contributed by atoms with E-state index in [0.29, 0.717) is 13.1 Å². The Morgan fingerprint density at radius 3 is 2.48 bits per heavy atom. The lowest BCUT2D eigenvalue weighted by molar-refractivity contribution is 0.0507. The SMILES string of the molecule is O=C(NCCN1CCc2ccccc2C1)NCC1(c2ccccc2)CCOCC1. The first kappa shape index (κ1) is 19.9. The predicted octanol–water partition coefficient (Wildman–Crippen LogP) is 3.09. The number of rotatable bonds is 6. The molecule has 2 heterocycles. The monoisotopic (exact) mass is 393 g/mol. The largest absolute Gasteiger partial charge is 0.381 e. The molecule has 0 radical (unpaired) electrons. The molecule has 2 aromatic carbocycles. The van der Waals surface area contributed by atoms with Crippen molar-refractivity contribution < 1.29 is 9.53 Å². The Labute approximate surface area is 173 Å². The Morgan fingerprint density at radius 2 is 1.69 bits per heavy atom. The number of nitrogens with one attached hydrogen (secondary N) is 2. The van der Waals surface area contributed by atoms with Gasteiger partial charge in [-0.05, 0) is 36.0 Å². The van der Waals surface area contributed by atoms with E-state index < -0.39 is 0 Å². The fourth-order valence-electron chi connectivity index (χ4n) is 4.51. The maximum Gasteiger partial charge on any atom is 0.314 e. The number of hydrogen-bond acceptors (Lipinski definition) is 3. The van der Waals surface area contributed by atoms with E-state index in [4.69, 9.17) is 4.74 Å². The van der Waals surface area contributed by atoms with Gasteiger partial charge in [0.15, 0.2) is 0 Å². The van der Waals surface area contributed by atoms with E-state index in [0.717, 1.165) is 52.1 Å². The Kier molecular flexibility index (Phi) is 6.47. The number of urea groups is 1. The van der Waals surface area contributed by atoms with Crippen LogP contribution >= 0.6 is 0 Å². The smallest absolute Gasteiger partial charge is 0.314 e. The zero-order valence-corrected chi connectivity index (χ0v) is 17.0. The standard InChI is InChI=1S/C24H31N3O2/c28-23(25-13-15-27-14-10-20-6-4-5-7-21(20)18-27)26-19-24(11-16-29-17-12-24)22-8-2-1-3-9-22/h1-9H,10-19H2,(H2,25,26,28). The highest BCUT2D eigenvalue weighted by Crippen LogP contribution is 2.34. The van der Waals surface area contributed by atoms with Gasteiger partial charge in [0.2, 0.25) is 0 Å². The van der Waals surface area contributed by atoms with Crippen LogP contribution in [0.15, 0.2) is 54.6 Å². The Morgan fingerprint density at radius 1 is 0.966 bits per heavy atom. The average molecular weight is 394 g/mol. The number of amides is 2. The minimum atomic E-state index is -0.0794. The molecule has 1 saturated heterocycles. The van der Waals surface area contributed by atoms with Gasteiger partial charge in [-0.25, -0.2) is 4.79 Å². The summed E-state index contributed by atoms with van der Waals surface area (Å²) in [4.78, 5) is 14.8. The van der Waals surface area contributed by atoms with Gasteiger partial charge >= 0.3 is 6.03 Å². The number of carbonyl (C=O) groups is 1. The molecule has 0 saturated carbocycles. The van der Waals surface area contributed by atoms with Gasteiger partial charge in [-0.15, -0.1) is 0 Å². The van der Waals surface area contributed by atoms with Crippen molar-refractivity contribution in [2.24, 2.45) is 0 Å². The molecule has 29 heavy (non-hydrogen) atoms. The average Bonchev–Trinajstić information content (AvgIpc) is 2.79. The first-order valence-electron chi connectivity index (χ1n) is 10.7. The summed E-state index contributed by atoms with van der Waals surface area (Å²) in [5.41, 5.74) is 4.12. The lowest BCUT2D eigenvalue weighted by atomic mass is 9.74. The number of carbonyl (C=O) groups excluding carboxylic acids is 1. The summed E-state index contributed by atoms with van der Waals surface area (Å²) in [5.74, 6) is 0. The molecule has 154 valence electrons. The molecule has 0 aromatic heterocycles. The van der Waals surface area contributed by atoms with E-state index in [-0.39, 0.29) is 11.4 Å². The molecule has 2 aliphatic heterocycles. The van der Waals surface area contributed by atoms with E-state index in [9.17, 15) is 4.79 Å². The third kappa shape index (κ3) is 4.98. The van der Waals surface area contributed by atoms with Crippen LogP contribution in [0.5, 0.6) is 0 Å². The fourth-order valence-corrected chi connectivity index (χ4v) is 4.51. The summed E-state index contributed by atoms with van der Waals surface area (Å²) in [6, 6.07) is 19.1. The molecule has 2 N–H and O–H groups in total. The summed E-state index contributed by atoms with van der Waals surface area (Å²) in [6.07, 6.45) is 2.96. The zero-order chi connectivity index (χ0) is 19.9. The van der Waals surface area contributed by atoms with Crippen LogP contribution in [0.4, 0.5) is 4.79 Å². The highest BCUT2D eigenvalue weighted by atomic mass is 16.5. The first-order chi connectivity index (χ1) is 14.3. The van der Waals surface area contributed by atoms with Crippen LogP contribution in [0.25, 0.3) is 0 Å². The third-order valence-corrected chi connectivity index (χ3v) is 6.35. The van der Waals surface area contributed by atoms with Crippen LogP contribution in [0.1, 0.15) is 29.5 Å². The van der Waals surface area contributed by atoms with Crippen LogP contribution < -0.4 is 10.6 Å². The highest BCUT2D eigenvalue weighted by molar-refractivity contribution is 5.74. The second-order valence-corrected chi connectivity index (χ2v) is 8.16. The Bertz CT molecular complexity index is 803. The number of ether oxygens (including phenoxy) is 1. The topological polar surface area (TPSA) is 53.6 Å². The predicted molar refractivity (Wildman–Crippen MR) is 115 cm³/mol. The third-order valence-electron chi connectivity index (χ3n) is 6.35. The van der Waals surface area contributed by atoms with Crippen molar-refractivity contribution in [1.29, 1.82) is 0 Å².